The maximum absolute atomic E-state index is 13.3. The summed E-state index contributed by atoms with van der Waals surface area (Å²) in [5.41, 5.74) is 5.04. The van der Waals surface area contributed by atoms with Crippen LogP contribution in [0.3, 0.4) is 0 Å². The van der Waals surface area contributed by atoms with Crippen molar-refractivity contribution in [3.63, 3.8) is 0 Å². The maximum Gasteiger partial charge on any atom is 0.169 e. The Morgan fingerprint density at radius 1 is 1.06 bits per heavy atom. The minimum Gasteiger partial charge on any atom is -0.508 e. The number of fused-ring (bicyclic) bond motifs is 1. The van der Waals surface area contributed by atoms with E-state index in [0.29, 0.717) is 11.5 Å². The lowest BCUT2D eigenvalue weighted by molar-refractivity contribution is 0.0968. The van der Waals surface area contributed by atoms with Gasteiger partial charge in [0.2, 0.25) is 0 Å². The van der Waals surface area contributed by atoms with Crippen LogP contribution in [-0.2, 0) is 6.61 Å². The van der Waals surface area contributed by atoms with Crippen molar-refractivity contribution in [3.05, 3.63) is 53.7 Å². The van der Waals surface area contributed by atoms with Crippen LogP contribution in [0.15, 0.2) is 42.6 Å². The second-order valence-corrected chi connectivity index (χ2v) is 10.1. The van der Waals surface area contributed by atoms with Gasteiger partial charge in [-0.1, -0.05) is 12.1 Å². The average Bonchev–Trinajstić information content (AvgIpc) is 3.69. The first kappa shape index (κ1) is 22.8. The zero-order valence-corrected chi connectivity index (χ0v) is 20.0. The van der Waals surface area contributed by atoms with Crippen molar-refractivity contribution in [3.8, 4) is 16.9 Å². The lowest BCUT2D eigenvalue weighted by atomic mass is 9.93. The molecule has 0 bridgehead atoms. The average molecular weight is 460 g/mol. The smallest absolute Gasteiger partial charge is 0.169 e. The molecule has 1 saturated heterocycles. The van der Waals surface area contributed by atoms with Gasteiger partial charge in [-0.15, -0.1) is 0 Å². The molecule has 1 aliphatic heterocycles. The number of pyridine rings is 1. The molecule has 6 heteroatoms. The van der Waals surface area contributed by atoms with Crippen molar-refractivity contribution in [2.75, 3.05) is 38.6 Å². The molecule has 34 heavy (non-hydrogen) atoms. The SMILES string of the molecule is CN(C)CC1CCN(c2c(C(=O)C3CC3)cnc3ccc(-c4ccc(O)c(CO)c4)cc23)CC1. The van der Waals surface area contributed by atoms with Gasteiger partial charge in [0.25, 0.3) is 0 Å². The summed E-state index contributed by atoms with van der Waals surface area (Å²) < 4.78 is 0. The molecule has 2 heterocycles. The monoisotopic (exact) mass is 459 g/mol. The summed E-state index contributed by atoms with van der Waals surface area (Å²) in [6, 6.07) is 11.4. The standard InChI is InChI=1S/C28H33N3O3/c1-30(2)16-18-9-11-31(12-10-18)27-23-14-21(20-6-8-26(33)22(13-20)17-32)5-7-25(23)29-15-24(27)28(34)19-3-4-19/h5-8,13-15,18-19,32-33H,3-4,9-12,16-17H2,1-2H3. The molecule has 5 rings (SSSR count). The van der Waals surface area contributed by atoms with Gasteiger partial charge in [0.15, 0.2) is 5.78 Å². The number of aromatic nitrogens is 1. The van der Waals surface area contributed by atoms with Crippen molar-refractivity contribution in [1.29, 1.82) is 0 Å². The van der Waals surface area contributed by atoms with Crippen LogP contribution in [0.4, 0.5) is 5.69 Å². The Morgan fingerprint density at radius 3 is 2.44 bits per heavy atom. The Morgan fingerprint density at radius 2 is 1.76 bits per heavy atom. The number of hydrogen-bond donors (Lipinski definition) is 2. The first-order valence-corrected chi connectivity index (χ1v) is 12.2. The van der Waals surface area contributed by atoms with Crippen LogP contribution in [0.25, 0.3) is 22.0 Å². The van der Waals surface area contributed by atoms with Gasteiger partial charge in [-0.2, -0.15) is 0 Å². The molecule has 1 aromatic heterocycles. The van der Waals surface area contributed by atoms with E-state index in [0.717, 1.165) is 78.6 Å². The number of hydrogen-bond acceptors (Lipinski definition) is 6. The topological polar surface area (TPSA) is 76.9 Å². The van der Waals surface area contributed by atoms with Gasteiger partial charge in [0.05, 0.1) is 23.4 Å². The molecule has 1 saturated carbocycles. The number of ketones is 1. The molecular weight excluding hydrogens is 426 g/mol. The predicted octanol–water partition coefficient (Wildman–Crippen LogP) is 4.47. The van der Waals surface area contributed by atoms with Crippen LogP contribution in [0, 0.1) is 11.8 Å². The minimum atomic E-state index is -0.220. The Hall–Kier alpha value is -2.96. The number of piperidine rings is 1. The van der Waals surface area contributed by atoms with Gasteiger partial charge < -0.3 is 20.0 Å². The first-order valence-electron chi connectivity index (χ1n) is 12.2. The summed E-state index contributed by atoms with van der Waals surface area (Å²) in [5.74, 6) is 1.12. The van der Waals surface area contributed by atoms with E-state index in [2.05, 4.69) is 34.9 Å². The Labute approximate surface area is 200 Å². The number of phenols is 1. The second kappa shape index (κ2) is 9.35. The number of benzene rings is 2. The van der Waals surface area contributed by atoms with Gasteiger partial charge in [0, 0.05) is 42.7 Å². The number of aliphatic hydroxyl groups is 1. The molecule has 178 valence electrons. The normalized spacial score (nSPS) is 17.0. The molecule has 6 nitrogen and oxygen atoms in total. The highest BCUT2D eigenvalue weighted by molar-refractivity contribution is 6.10. The van der Waals surface area contributed by atoms with E-state index in [4.69, 9.17) is 0 Å². The molecule has 0 atom stereocenters. The van der Waals surface area contributed by atoms with Crippen molar-refractivity contribution in [2.24, 2.45) is 11.8 Å². The van der Waals surface area contributed by atoms with Crippen molar-refractivity contribution < 1.29 is 15.0 Å². The third-order valence-electron chi connectivity index (χ3n) is 7.19. The van der Waals surface area contributed by atoms with E-state index < -0.39 is 0 Å². The van der Waals surface area contributed by atoms with Gasteiger partial charge in [-0.25, -0.2) is 0 Å². The lowest BCUT2D eigenvalue weighted by Crippen LogP contribution is -2.38. The van der Waals surface area contributed by atoms with Crippen LogP contribution >= 0.6 is 0 Å². The molecule has 2 aliphatic rings. The van der Waals surface area contributed by atoms with E-state index in [1.807, 2.05) is 24.3 Å². The van der Waals surface area contributed by atoms with E-state index >= 15 is 0 Å². The summed E-state index contributed by atoms with van der Waals surface area (Å²) >= 11 is 0. The second-order valence-electron chi connectivity index (χ2n) is 10.1. The molecule has 2 N–H and O–H groups in total. The molecule has 2 aromatic carbocycles. The largest absolute Gasteiger partial charge is 0.508 e. The highest BCUT2D eigenvalue weighted by atomic mass is 16.3. The van der Waals surface area contributed by atoms with Gasteiger partial charge in [-0.3, -0.25) is 9.78 Å². The van der Waals surface area contributed by atoms with Gasteiger partial charge in [0.1, 0.15) is 5.75 Å². The summed E-state index contributed by atoms with van der Waals surface area (Å²) in [7, 11) is 4.25. The fraction of sp³-hybridized carbons (Fsp3) is 0.429. The van der Waals surface area contributed by atoms with Gasteiger partial charge in [-0.05, 0) is 81.1 Å². The van der Waals surface area contributed by atoms with E-state index in [1.165, 1.54) is 0 Å². The Balaban J connectivity index is 1.58. The zero-order chi connectivity index (χ0) is 23.8. The first-order chi connectivity index (χ1) is 16.4. The number of aromatic hydroxyl groups is 1. The molecule has 0 radical (unpaired) electrons. The molecular formula is C28H33N3O3. The third-order valence-corrected chi connectivity index (χ3v) is 7.19. The van der Waals surface area contributed by atoms with E-state index in [-0.39, 0.29) is 24.1 Å². The number of anilines is 1. The maximum atomic E-state index is 13.3. The molecule has 0 spiro atoms. The predicted molar refractivity (Wildman–Crippen MR) is 135 cm³/mol. The van der Waals surface area contributed by atoms with E-state index in [9.17, 15) is 15.0 Å². The fourth-order valence-corrected chi connectivity index (χ4v) is 5.19. The van der Waals surface area contributed by atoms with Crippen LogP contribution in [0.2, 0.25) is 0 Å². The molecule has 0 amide bonds. The number of rotatable bonds is 7. The highest BCUT2D eigenvalue weighted by Gasteiger charge is 2.34. The fourth-order valence-electron chi connectivity index (χ4n) is 5.19. The van der Waals surface area contributed by atoms with Crippen LogP contribution < -0.4 is 4.90 Å². The number of nitrogens with zero attached hydrogens (tertiary/aromatic N) is 3. The van der Waals surface area contributed by atoms with Crippen LogP contribution in [0.1, 0.15) is 41.6 Å². The minimum absolute atomic E-state index is 0.0901. The zero-order valence-electron chi connectivity index (χ0n) is 20.0. The van der Waals surface area contributed by atoms with Crippen LogP contribution in [0.5, 0.6) is 5.75 Å². The molecule has 3 aromatic rings. The molecule has 1 aliphatic carbocycles. The third kappa shape index (κ3) is 4.52. The summed E-state index contributed by atoms with van der Waals surface area (Å²) in [4.78, 5) is 22.6. The number of aliphatic hydroxyl groups excluding tert-OH is 1. The number of carbonyl (C=O) groups excluding carboxylic acids is 1. The highest BCUT2D eigenvalue weighted by Crippen LogP contribution is 2.40. The van der Waals surface area contributed by atoms with Crippen molar-refractivity contribution in [1.82, 2.24) is 9.88 Å². The van der Waals surface area contributed by atoms with Crippen molar-refractivity contribution >= 4 is 22.4 Å². The summed E-state index contributed by atoms with van der Waals surface area (Å²) in [6.07, 6.45) is 5.94. The Kier molecular flexibility index (Phi) is 6.28. The quantitative estimate of drug-likeness (QED) is 0.508. The van der Waals surface area contributed by atoms with Crippen molar-refractivity contribution in [2.45, 2.75) is 32.3 Å². The molecule has 2 fully saturated rings. The summed E-state index contributed by atoms with van der Waals surface area (Å²) in [5, 5.41) is 20.6. The van der Waals surface area contributed by atoms with Crippen LogP contribution in [-0.4, -0.2) is 59.6 Å². The lowest BCUT2D eigenvalue weighted by Gasteiger charge is -2.36. The Bertz CT molecular complexity index is 1210. The summed E-state index contributed by atoms with van der Waals surface area (Å²) in [6.45, 7) is 2.74. The number of carbonyl (C=O) groups is 1. The van der Waals surface area contributed by atoms with Gasteiger partial charge >= 0.3 is 0 Å². The number of Topliss-reactive ketones (excluding diaryl/α,β-unsaturated/α-hetero) is 1. The van der Waals surface area contributed by atoms with E-state index in [1.54, 1.807) is 12.3 Å². The molecule has 0 unspecified atom stereocenters.